The summed E-state index contributed by atoms with van der Waals surface area (Å²) in [6.07, 6.45) is 0.553. The lowest BCUT2D eigenvalue weighted by Crippen LogP contribution is -2.39. The lowest BCUT2D eigenvalue weighted by Gasteiger charge is -2.16. The maximum Gasteiger partial charge on any atom is 0.251 e. The van der Waals surface area contributed by atoms with Crippen LogP contribution < -0.4 is 5.32 Å². The molecule has 0 fully saturated rings. The van der Waals surface area contributed by atoms with E-state index >= 15 is 0 Å². The van der Waals surface area contributed by atoms with Crippen molar-refractivity contribution in [2.24, 2.45) is 0 Å². The van der Waals surface area contributed by atoms with Gasteiger partial charge in [-0.2, -0.15) is 0 Å². The molecule has 2 aromatic carbocycles. The van der Waals surface area contributed by atoms with E-state index in [2.05, 4.69) is 5.32 Å². The first kappa shape index (κ1) is 15.8. The topological polar surface area (TPSA) is 49.3 Å². The zero-order valence-electron chi connectivity index (χ0n) is 11.2. The van der Waals surface area contributed by atoms with E-state index in [4.69, 9.17) is 23.2 Å². The van der Waals surface area contributed by atoms with Crippen LogP contribution >= 0.6 is 23.2 Å². The minimum atomic E-state index is -0.363. The summed E-state index contributed by atoms with van der Waals surface area (Å²) >= 11 is 11.8. The molecule has 2 aromatic rings. The van der Waals surface area contributed by atoms with Crippen LogP contribution in [0.1, 0.15) is 15.9 Å². The van der Waals surface area contributed by atoms with Gasteiger partial charge in [-0.05, 0) is 30.2 Å². The van der Waals surface area contributed by atoms with E-state index in [0.29, 0.717) is 22.0 Å². The third kappa shape index (κ3) is 4.74. The van der Waals surface area contributed by atoms with Crippen LogP contribution in [-0.4, -0.2) is 23.7 Å². The van der Waals surface area contributed by atoms with Crippen molar-refractivity contribution in [2.75, 3.05) is 6.61 Å². The van der Waals surface area contributed by atoms with Gasteiger partial charge in [0.15, 0.2) is 0 Å². The molecule has 3 nitrogen and oxygen atoms in total. The number of carbonyl (C=O) groups excluding carboxylic acids is 1. The zero-order valence-corrected chi connectivity index (χ0v) is 12.7. The molecular formula is C16H15Cl2NO2. The van der Waals surface area contributed by atoms with E-state index in [0.717, 1.165) is 5.56 Å². The molecule has 0 radical (unpaired) electrons. The summed E-state index contributed by atoms with van der Waals surface area (Å²) in [5.41, 5.74) is 1.42. The van der Waals surface area contributed by atoms with E-state index in [1.54, 1.807) is 18.2 Å². The monoisotopic (exact) mass is 323 g/mol. The zero-order chi connectivity index (χ0) is 15.2. The van der Waals surface area contributed by atoms with Crippen LogP contribution in [0.5, 0.6) is 0 Å². The molecule has 1 amide bonds. The SMILES string of the molecule is O=C(N[C@H](CO)Cc1ccccc1)c1cc(Cl)cc(Cl)c1. The summed E-state index contributed by atoms with van der Waals surface area (Å²) in [6, 6.07) is 13.9. The second-order valence-electron chi connectivity index (χ2n) is 4.70. The maximum atomic E-state index is 12.2. The highest BCUT2D eigenvalue weighted by molar-refractivity contribution is 6.35. The number of aliphatic hydroxyl groups is 1. The highest BCUT2D eigenvalue weighted by Crippen LogP contribution is 2.19. The minimum absolute atomic E-state index is 0.144. The number of nitrogens with one attached hydrogen (secondary N) is 1. The molecule has 2 N–H and O–H groups in total. The molecule has 0 saturated carbocycles. The third-order valence-corrected chi connectivity index (χ3v) is 3.44. The molecular weight excluding hydrogens is 309 g/mol. The molecule has 0 spiro atoms. The Bertz CT molecular complexity index is 597. The van der Waals surface area contributed by atoms with Crippen LogP contribution in [0, 0.1) is 0 Å². The van der Waals surface area contributed by atoms with E-state index in [-0.39, 0.29) is 18.6 Å². The Morgan fingerprint density at radius 3 is 2.29 bits per heavy atom. The average Bonchev–Trinajstić information content (AvgIpc) is 2.46. The predicted molar refractivity (Wildman–Crippen MR) is 84.9 cm³/mol. The molecule has 0 saturated heterocycles. The van der Waals surface area contributed by atoms with Crippen LogP contribution in [0.25, 0.3) is 0 Å². The smallest absolute Gasteiger partial charge is 0.251 e. The molecule has 0 aliphatic heterocycles. The van der Waals surface area contributed by atoms with Crippen molar-refractivity contribution < 1.29 is 9.90 Å². The molecule has 0 bridgehead atoms. The summed E-state index contributed by atoms with van der Waals surface area (Å²) in [7, 11) is 0. The number of hydrogen-bond donors (Lipinski definition) is 2. The van der Waals surface area contributed by atoms with Crippen molar-refractivity contribution in [3.63, 3.8) is 0 Å². The van der Waals surface area contributed by atoms with Crippen molar-refractivity contribution in [3.05, 3.63) is 69.7 Å². The summed E-state index contributed by atoms with van der Waals surface area (Å²) in [5.74, 6) is -0.311. The van der Waals surface area contributed by atoms with Crippen LogP contribution in [0.3, 0.4) is 0 Å². The summed E-state index contributed by atoms with van der Waals surface area (Å²) in [6.45, 7) is -0.144. The Hall–Kier alpha value is -1.55. The Labute approximate surface area is 133 Å². The van der Waals surface area contributed by atoms with Gasteiger partial charge < -0.3 is 10.4 Å². The normalized spacial score (nSPS) is 12.0. The molecule has 1 atom stereocenters. The van der Waals surface area contributed by atoms with Crippen LogP contribution in [0.2, 0.25) is 10.0 Å². The molecule has 0 aliphatic carbocycles. The van der Waals surface area contributed by atoms with Gasteiger partial charge in [-0.25, -0.2) is 0 Å². The first-order valence-electron chi connectivity index (χ1n) is 6.50. The highest BCUT2D eigenvalue weighted by atomic mass is 35.5. The molecule has 0 aromatic heterocycles. The molecule has 5 heteroatoms. The number of benzene rings is 2. The standard InChI is InChI=1S/C16H15Cl2NO2/c17-13-7-12(8-14(18)9-13)16(21)19-15(10-20)6-11-4-2-1-3-5-11/h1-5,7-9,15,20H,6,10H2,(H,19,21)/t15-/m0/s1. The fourth-order valence-electron chi connectivity index (χ4n) is 2.01. The van der Waals surface area contributed by atoms with Gasteiger partial charge in [-0.15, -0.1) is 0 Å². The lowest BCUT2D eigenvalue weighted by molar-refractivity contribution is 0.0916. The molecule has 21 heavy (non-hydrogen) atoms. The molecule has 2 rings (SSSR count). The van der Waals surface area contributed by atoms with E-state index in [1.165, 1.54) is 0 Å². The first-order chi connectivity index (χ1) is 10.1. The Balaban J connectivity index is 2.05. The predicted octanol–water partition coefficient (Wildman–Crippen LogP) is 3.33. The summed E-state index contributed by atoms with van der Waals surface area (Å²) in [5, 5.41) is 13.0. The molecule has 0 unspecified atom stereocenters. The van der Waals surface area contributed by atoms with Gasteiger partial charge in [-0.3, -0.25) is 4.79 Å². The van der Waals surface area contributed by atoms with Crippen molar-refractivity contribution in [1.82, 2.24) is 5.32 Å². The second-order valence-corrected chi connectivity index (χ2v) is 5.57. The van der Waals surface area contributed by atoms with Gasteiger partial charge in [0.05, 0.1) is 12.6 Å². The van der Waals surface area contributed by atoms with Crippen molar-refractivity contribution in [2.45, 2.75) is 12.5 Å². The van der Waals surface area contributed by atoms with Gasteiger partial charge in [0, 0.05) is 15.6 Å². The fraction of sp³-hybridized carbons (Fsp3) is 0.188. The van der Waals surface area contributed by atoms with Crippen molar-refractivity contribution in [3.8, 4) is 0 Å². The number of carbonyl (C=O) groups is 1. The maximum absolute atomic E-state index is 12.2. The molecule has 0 aliphatic rings. The summed E-state index contributed by atoms with van der Waals surface area (Å²) in [4.78, 5) is 12.2. The average molecular weight is 324 g/mol. The summed E-state index contributed by atoms with van der Waals surface area (Å²) < 4.78 is 0. The minimum Gasteiger partial charge on any atom is -0.394 e. The quantitative estimate of drug-likeness (QED) is 0.886. The first-order valence-corrected chi connectivity index (χ1v) is 7.26. The van der Waals surface area contributed by atoms with Crippen LogP contribution in [0.4, 0.5) is 0 Å². The number of aliphatic hydroxyl groups excluding tert-OH is 1. The molecule has 110 valence electrons. The van der Waals surface area contributed by atoms with Crippen molar-refractivity contribution in [1.29, 1.82) is 0 Å². The van der Waals surface area contributed by atoms with Gasteiger partial charge in [0.2, 0.25) is 0 Å². The van der Waals surface area contributed by atoms with Crippen LogP contribution in [-0.2, 0) is 6.42 Å². The van der Waals surface area contributed by atoms with E-state index in [9.17, 15) is 9.90 Å². The lowest BCUT2D eigenvalue weighted by atomic mass is 10.1. The van der Waals surface area contributed by atoms with Gasteiger partial charge in [0.25, 0.3) is 5.91 Å². The number of amides is 1. The largest absolute Gasteiger partial charge is 0.394 e. The Kier molecular flexibility index (Phi) is 5.62. The van der Waals surface area contributed by atoms with Crippen molar-refractivity contribution >= 4 is 29.1 Å². The van der Waals surface area contributed by atoms with Gasteiger partial charge in [-0.1, -0.05) is 53.5 Å². The second kappa shape index (κ2) is 7.46. The van der Waals surface area contributed by atoms with E-state index < -0.39 is 0 Å². The fourth-order valence-corrected chi connectivity index (χ4v) is 2.54. The Morgan fingerprint density at radius 1 is 1.10 bits per heavy atom. The number of rotatable bonds is 5. The third-order valence-electron chi connectivity index (χ3n) is 3.01. The number of hydrogen-bond acceptors (Lipinski definition) is 2. The highest BCUT2D eigenvalue weighted by Gasteiger charge is 2.14. The Morgan fingerprint density at radius 2 is 1.71 bits per heavy atom. The number of halogens is 2. The van der Waals surface area contributed by atoms with Crippen LogP contribution in [0.15, 0.2) is 48.5 Å². The van der Waals surface area contributed by atoms with E-state index in [1.807, 2.05) is 30.3 Å². The van der Waals surface area contributed by atoms with Gasteiger partial charge >= 0.3 is 0 Å². The van der Waals surface area contributed by atoms with Gasteiger partial charge in [0.1, 0.15) is 0 Å². The molecule has 0 heterocycles.